The van der Waals surface area contributed by atoms with Crippen LogP contribution in [-0.4, -0.2) is 24.0 Å². The molecule has 0 fully saturated rings. The molecule has 0 spiro atoms. The Morgan fingerprint density at radius 1 is 1.40 bits per heavy atom. The van der Waals surface area contributed by atoms with Gasteiger partial charge in [0.15, 0.2) is 0 Å². The van der Waals surface area contributed by atoms with Crippen LogP contribution in [0.25, 0.3) is 0 Å². The summed E-state index contributed by atoms with van der Waals surface area (Å²) in [4.78, 5) is 4.55. The van der Waals surface area contributed by atoms with Crippen LogP contribution in [0.15, 0.2) is 40.4 Å². The number of sulfonamides is 1. The Labute approximate surface area is 116 Å². The molecule has 0 saturated carbocycles. The number of benzene rings is 1. The van der Waals surface area contributed by atoms with Crippen LogP contribution < -0.4 is 10.5 Å². The van der Waals surface area contributed by atoms with Gasteiger partial charge >= 0.3 is 0 Å². The molecule has 0 bridgehead atoms. The standard InChI is InChI=1S/C12H13N5O2S/c1-17-11(13)8(7-15-17)6-14-12-9-4-2-3-5-10(9)20(18,19)16-12/h2-5,7H,6,13H2,1H3,(H,14,16). The number of hydrogen-bond acceptors (Lipinski definition) is 5. The highest BCUT2D eigenvalue weighted by atomic mass is 32.2. The molecule has 0 unspecified atom stereocenters. The van der Waals surface area contributed by atoms with Crippen molar-refractivity contribution in [1.29, 1.82) is 0 Å². The molecule has 8 heteroatoms. The average molecular weight is 291 g/mol. The second-order valence-electron chi connectivity index (χ2n) is 4.45. The van der Waals surface area contributed by atoms with Crippen molar-refractivity contribution in [2.45, 2.75) is 11.4 Å². The first-order valence-electron chi connectivity index (χ1n) is 5.92. The summed E-state index contributed by atoms with van der Waals surface area (Å²) in [5.74, 6) is 0.854. The fraction of sp³-hybridized carbons (Fsp3) is 0.167. The number of aromatic nitrogens is 2. The number of nitrogens with one attached hydrogen (secondary N) is 1. The van der Waals surface area contributed by atoms with Crippen LogP contribution in [0.5, 0.6) is 0 Å². The molecule has 7 nitrogen and oxygen atoms in total. The summed E-state index contributed by atoms with van der Waals surface area (Å²) in [7, 11) is -1.76. The minimum atomic E-state index is -3.50. The van der Waals surface area contributed by atoms with E-state index in [2.05, 4.69) is 14.8 Å². The monoisotopic (exact) mass is 291 g/mol. The van der Waals surface area contributed by atoms with Crippen molar-refractivity contribution in [3.63, 3.8) is 0 Å². The number of nitrogen functional groups attached to an aromatic ring is 1. The van der Waals surface area contributed by atoms with Crippen molar-refractivity contribution >= 4 is 21.7 Å². The minimum Gasteiger partial charge on any atom is -0.384 e. The van der Waals surface area contributed by atoms with Gasteiger partial charge in [-0.05, 0) is 12.1 Å². The quantitative estimate of drug-likeness (QED) is 0.827. The molecule has 0 saturated heterocycles. The molecule has 104 valence electrons. The summed E-state index contributed by atoms with van der Waals surface area (Å²) < 4.78 is 27.8. The number of nitrogens with two attached hydrogens (primary N) is 1. The molecule has 3 rings (SSSR count). The molecule has 0 aliphatic carbocycles. The number of fused-ring (bicyclic) bond motifs is 1. The Morgan fingerprint density at radius 2 is 2.15 bits per heavy atom. The van der Waals surface area contributed by atoms with E-state index in [0.29, 0.717) is 17.2 Å². The number of rotatable bonds is 2. The number of aliphatic imine (C=N–C) groups is 1. The maximum atomic E-state index is 11.9. The topological polar surface area (TPSA) is 102 Å². The van der Waals surface area contributed by atoms with Crippen LogP contribution in [0.1, 0.15) is 11.1 Å². The van der Waals surface area contributed by atoms with Crippen molar-refractivity contribution < 1.29 is 8.42 Å². The smallest absolute Gasteiger partial charge is 0.263 e. The first-order chi connectivity index (χ1) is 9.49. The lowest BCUT2D eigenvalue weighted by Gasteiger charge is -1.99. The maximum absolute atomic E-state index is 11.9. The Hall–Kier alpha value is -2.35. The van der Waals surface area contributed by atoms with Gasteiger partial charge in [0.1, 0.15) is 11.7 Å². The highest BCUT2D eigenvalue weighted by molar-refractivity contribution is 7.90. The number of nitrogens with zero attached hydrogens (tertiary/aromatic N) is 3. The third-order valence-electron chi connectivity index (χ3n) is 3.13. The number of aryl methyl sites for hydroxylation is 1. The highest BCUT2D eigenvalue weighted by Gasteiger charge is 2.30. The van der Waals surface area contributed by atoms with E-state index in [1.807, 2.05) is 0 Å². The van der Waals surface area contributed by atoms with Gasteiger partial charge in [0.05, 0.1) is 17.6 Å². The zero-order chi connectivity index (χ0) is 14.3. The molecule has 1 aromatic heterocycles. The molecule has 2 aromatic rings. The normalized spacial score (nSPS) is 17.9. The van der Waals surface area contributed by atoms with E-state index >= 15 is 0 Å². The van der Waals surface area contributed by atoms with Gasteiger partial charge in [-0.1, -0.05) is 12.1 Å². The lowest BCUT2D eigenvalue weighted by Crippen LogP contribution is -2.22. The Balaban J connectivity index is 1.97. The highest BCUT2D eigenvalue weighted by Crippen LogP contribution is 2.22. The SMILES string of the molecule is Cn1ncc(CN=C2NS(=O)(=O)c3ccccc32)c1N. The fourth-order valence-electron chi connectivity index (χ4n) is 2.03. The van der Waals surface area contributed by atoms with Crippen LogP contribution >= 0.6 is 0 Å². The summed E-state index contributed by atoms with van der Waals surface area (Å²) in [6.45, 7) is 0.270. The molecule has 1 aliphatic rings. The number of anilines is 1. The Kier molecular flexibility index (Phi) is 2.75. The molecule has 2 heterocycles. The van der Waals surface area contributed by atoms with Crippen molar-refractivity contribution in [3.05, 3.63) is 41.6 Å². The van der Waals surface area contributed by atoms with Crippen molar-refractivity contribution in [2.24, 2.45) is 12.0 Å². The molecule has 0 amide bonds. The predicted molar refractivity (Wildman–Crippen MR) is 74.6 cm³/mol. The summed E-state index contributed by atoms with van der Waals surface area (Å²) in [5, 5.41) is 4.02. The molecule has 1 aromatic carbocycles. The largest absolute Gasteiger partial charge is 0.384 e. The van der Waals surface area contributed by atoms with Crippen LogP contribution in [-0.2, 0) is 23.6 Å². The van der Waals surface area contributed by atoms with Crippen molar-refractivity contribution in [3.8, 4) is 0 Å². The lowest BCUT2D eigenvalue weighted by molar-refractivity contribution is 0.595. The molecule has 1 aliphatic heterocycles. The summed E-state index contributed by atoms with van der Waals surface area (Å²) >= 11 is 0. The van der Waals surface area contributed by atoms with Gasteiger partial charge < -0.3 is 5.73 Å². The van der Waals surface area contributed by atoms with Crippen LogP contribution in [0, 0.1) is 0 Å². The summed E-state index contributed by atoms with van der Waals surface area (Å²) in [6.07, 6.45) is 1.62. The average Bonchev–Trinajstić information content (AvgIpc) is 2.88. The van der Waals surface area contributed by atoms with Gasteiger partial charge in [0.25, 0.3) is 10.0 Å². The van der Waals surface area contributed by atoms with Gasteiger partial charge in [-0.25, -0.2) is 8.42 Å². The maximum Gasteiger partial charge on any atom is 0.263 e. The first-order valence-corrected chi connectivity index (χ1v) is 7.40. The van der Waals surface area contributed by atoms with E-state index in [-0.39, 0.29) is 11.4 Å². The van der Waals surface area contributed by atoms with E-state index in [1.165, 1.54) is 0 Å². The molecule has 20 heavy (non-hydrogen) atoms. The van der Waals surface area contributed by atoms with Gasteiger partial charge in [-0.15, -0.1) is 0 Å². The third kappa shape index (κ3) is 1.94. The Morgan fingerprint density at radius 3 is 2.85 bits per heavy atom. The zero-order valence-electron chi connectivity index (χ0n) is 10.7. The van der Waals surface area contributed by atoms with Gasteiger partial charge in [-0.3, -0.25) is 14.4 Å². The van der Waals surface area contributed by atoms with E-state index in [0.717, 1.165) is 5.56 Å². The van der Waals surface area contributed by atoms with E-state index in [9.17, 15) is 8.42 Å². The minimum absolute atomic E-state index is 0.248. The first kappa shape index (κ1) is 12.7. The van der Waals surface area contributed by atoms with Gasteiger partial charge in [0, 0.05) is 18.2 Å². The molecule has 0 radical (unpaired) electrons. The molecular weight excluding hydrogens is 278 g/mol. The Bertz CT molecular complexity index is 807. The second-order valence-corrected chi connectivity index (χ2v) is 6.10. The third-order valence-corrected chi connectivity index (χ3v) is 4.53. The number of amidine groups is 1. The summed E-state index contributed by atoms with van der Waals surface area (Å²) in [5.41, 5.74) is 7.16. The lowest BCUT2D eigenvalue weighted by atomic mass is 10.2. The van der Waals surface area contributed by atoms with Crippen molar-refractivity contribution in [2.75, 3.05) is 5.73 Å². The van der Waals surface area contributed by atoms with Crippen LogP contribution in [0.4, 0.5) is 5.82 Å². The van der Waals surface area contributed by atoms with E-state index in [4.69, 9.17) is 5.73 Å². The molecule has 0 atom stereocenters. The van der Waals surface area contributed by atoms with E-state index < -0.39 is 10.0 Å². The van der Waals surface area contributed by atoms with Crippen molar-refractivity contribution in [1.82, 2.24) is 14.5 Å². The number of hydrogen-bond donors (Lipinski definition) is 2. The predicted octanol–water partition coefficient (Wildman–Crippen LogP) is 0.241. The van der Waals surface area contributed by atoms with Crippen LogP contribution in [0.3, 0.4) is 0 Å². The van der Waals surface area contributed by atoms with Crippen LogP contribution in [0.2, 0.25) is 0 Å². The second kappa shape index (κ2) is 4.34. The molecular formula is C12H13N5O2S. The zero-order valence-corrected chi connectivity index (χ0v) is 11.6. The van der Waals surface area contributed by atoms with Gasteiger partial charge in [0.2, 0.25) is 0 Å². The van der Waals surface area contributed by atoms with E-state index in [1.54, 1.807) is 42.2 Å². The summed E-state index contributed by atoms with van der Waals surface area (Å²) in [6, 6.07) is 6.73. The molecule has 3 N–H and O–H groups in total. The fourth-order valence-corrected chi connectivity index (χ4v) is 3.28. The van der Waals surface area contributed by atoms with Gasteiger partial charge in [-0.2, -0.15) is 5.10 Å².